The lowest BCUT2D eigenvalue weighted by atomic mass is 10.1. The first-order chi connectivity index (χ1) is 12.9. The molecule has 1 fully saturated rings. The first kappa shape index (κ1) is 18.8. The Kier molecular flexibility index (Phi) is 5.34. The summed E-state index contributed by atoms with van der Waals surface area (Å²) in [6.45, 7) is 5.57. The monoisotopic (exact) mass is 372 g/mol. The zero-order chi connectivity index (χ0) is 19.6. The highest BCUT2D eigenvalue weighted by molar-refractivity contribution is 5.91. The number of rotatable bonds is 5. The van der Waals surface area contributed by atoms with Crippen molar-refractivity contribution in [1.29, 1.82) is 0 Å². The van der Waals surface area contributed by atoms with E-state index in [0.29, 0.717) is 19.6 Å². The second kappa shape index (κ2) is 7.69. The lowest BCUT2D eigenvalue weighted by Crippen LogP contribution is -2.63. The number of nitrogens with one attached hydrogen (secondary N) is 2. The van der Waals surface area contributed by atoms with Gasteiger partial charge in [0, 0.05) is 18.3 Å². The van der Waals surface area contributed by atoms with Crippen molar-refractivity contribution < 1.29 is 19.3 Å². The Morgan fingerprint density at radius 2 is 2.22 bits per heavy atom. The predicted molar refractivity (Wildman–Crippen MR) is 104 cm³/mol. The highest BCUT2D eigenvalue weighted by atomic mass is 16.6. The van der Waals surface area contributed by atoms with Crippen molar-refractivity contribution in [3.8, 4) is 0 Å². The van der Waals surface area contributed by atoms with Crippen molar-refractivity contribution in [1.82, 2.24) is 5.32 Å². The molecule has 1 atom stereocenters. The van der Waals surface area contributed by atoms with Gasteiger partial charge >= 0.3 is 6.09 Å². The van der Waals surface area contributed by atoms with Gasteiger partial charge in [0.05, 0.1) is 37.4 Å². The topological polar surface area (TPSA) is 102 Å². The Bertz CT molecular complexity index is 818. The number of carbonyl (C=O) groups excluding carboxylic acids is 2. The molecule has 0 bridgehead atoms. The molecule has 2 aliphatic heterocycles. The summed E-state index contributed by atoms with van der Waals surface area (Å²) in [5, 5.41) is 2.69. The summed E-state index contributed by atoms with van der Waals surface area (Å²) in [5.41, 5.74) is 10.9. The van der Waals surface area contributed by atoms with E-state index >= 15 is 0 Å². The zero-order valence-corrected chi connectivity index (χ0v) is 15.9. The molecule has 0 radical (unpaired) electrons. The molecule has 0 spiro atoms. The fourth-order valence-electron chi connectivity index (χ4n) is 3.39. The van der Waals surface area contributed by atoms with Crippen LogP contribution in [0.4, 0.5) is 16.2 Å². The van der Waals surface area contributed by atoms with Crippen LogP contribution in [-0.2, 0) is 9.53 Å². The van der Waals surface area contributed by atoms with Gasteiger partial charge < -0.3 is 20.7 Å². The quantitative estimate of drug-likeness (QED) is 0.592. The molecule has 2 aliphatic rings. The van der Waals surface area contributed by atoms with Crippen molar-refractivity contribution in [3.63, 3.8) is 0 Å². The summed E-state index contributed by atoms with van der Waals surface area (Å²) < 4.78 is 5.35. The first-order valence-electron chi connectivity index (χ1n) is 8.95. The lowest BCUT2D eigenvalue weighted by Gasteiger charge is -2.22. The minimum atomic E-state index is -0.390. The van der Waals surface area contributed by atoms with Crippen molar-refractivity contribution in [2.75, 3.05) is 43.0 Å². The number of aryl methyl sites for hydroxylation is 1. The molecule has 8 nitrogen and oxygen atoms in total. The molecular weight excluding hydrogens is 346 g/mol. The number of cyclic esters (lactones) is 1. The summed E-state index contributed by atoms with van der Waals surface area (Å²) in [7, 11) is 1.86. The average Bonchev–Trinajstić information content (AvgIpc) is 3.16. The predicted octanol–water partition coefficient (Wildman–Crippen LogP) is -0.730. The Balaban J connectivity index is 1.71. The van der Waals surface area contributed by atoms with E-state index in [1.54, 1.807) is 4.90 Å². The maximum Gasteiger partial charge on any atom is 0.414 e. The molecule has 4 N–H and O–H groups in total. The zero-order valence-electron chi connectivity index (χ0n) is 15.9. The van der Waals surface area contributed by atoms with E-state index in [2.05, 4.69) is 21.3 Å². The van der Waals surface area contributed by atoms with E-state index in [9.17, 15) is 9.59 Å². The van der Waals surface area contributed by atoms with Gasteiger partial charge in [0.2, 0.25) is 5.91 Å². The van der Waals surface area contributed by atoms with Crippen LogP contribution in [0.5, 0.6) is 0 Å². The molecule has 2 heterocycles. The van der Waals surface area contributed by atoms with Crippen LogP contribution in [0.15, 0.2) is 29.5 Å². The van der Waals surface area contributed by atoms with E-state index in [0.717, 1.165) is 34.8 Å². The van der Waals surface area contributed by atoms with Gasteiger partial charge in [-0.3, -0.25) is 14.7 Å². The Morgan fingerprint density at radius 3 is 2.89 bits per heavy atom. The maximum absolute atomic E-state index is 12.2. The number of nitrogens with zero attached hydrogens (tertiary/aromatic N) is 2. The summed E-state index contributed by atoms with van der Waals surface area (Å²) in [5.74, 6) is -0.140. The molecule has 0 saturated carbocycles. The van der Waals surface area contributed by atoms with E-state index < -0.39 is 0 Å². The number of anilines is 2. The SMILES string of the molecule is C[NH+]=CC1=C(N)CN(c2ccc(N3C[C@H](CNC(C)=O)OC3=O)c(C)c2)C1. The largest absolute Gasteiger partial charge is 0.442 e. The second-order valence-electron chi connectivity index (χ2n) is 6.86. The van der Waals surface area contributed by atoms with Crippen LogP contribution in [-0.4, -0.2) is 57.5 Å². The Morgan fingerprint density at radius 1 is 1.44 bits per heavy atom. The third kappa shape index (κ3) is 4.05. The van der Waals surface area contributed by atoms with Crippen LogP contribution in [0.25, 0.3) is 0 Å². The van der Waals surface area contributed by atoms with Gasteiger partial charge in [-0.05, 0) is 30.7 Å². The van der Waals surface area contributed by atoms with Crippen molar-refractivity contribution in [2.24, 2.45) is 5.73 Å². The smallest absolute Gasteiger partial charge is 0.414 e. The highest BCUT2D eigenvalue weighted by Crippen LogP contribution is 2.30. The van der Waals surface area contributed by atoms with E-state index in [1.165, 1.54) is 6.92 Å². The molecule has 1 aromatic carbocycles. The third-order valence-electron chi connectivity index (χ3n) is 4.74. The fraction of sp³-hybridized carbons (Fsp3) is 0.421. The molecule has 0 unspecified atom stereocenters. The molecule has 0 aromatic heterocycles. The van der Waals surface area contributed by atoms with Crippen LogP contribution in [0.1, 0.15) is 12.5 Å². The summed E-state index contributed by atoms with van der Waals surface area (Å²) >= 11 is 0. The summed E-state index contributed by atoms with van der Waals surface area (Å²) in [4.78, 5) is 30.1. The van der Waals surface area contributed by atoms with Crippen LogP contribution >= 0.6 is 0 Å². The van der Waals surface area contributed by atoms with E-state index in [-0.39, 0.29) is 18.1 Å². The summed E-state index contributed by atoms with van der Waals surface area (Å²) in [6, 6.07) is 5.98. The molecule has 27 heavy (non-hydrogen) atoms. The molecule has 2 amide bonds. The average molecular weight is 372 g/mol. The molecule has 8 heteroatoms. The number of carbonyl (C=O) groups is 2. The van der Waals surface area contributed by atoms with E-state index in [4.69, 9.17) is 10.5 Å². The lowest BCUT2D eigenvalue weighted by molar-refractivity contribution is -0.413. The van der Waals surface area contributed by atoms with Gasteiger partial charge in [-0.1, -0.05) is 0 Å². The number of hydrogen-bond acceptors (Lipinski definition) is 5. The van der Waals surface area contributed by atoms with Gasteiger partial charge in [-0.25, -0.2) is 4.79 Å². The number of benzene rings is 1. The fourth-order valence-corrected chi connectivity index (χ4v) is 3.39. The molecule has 144 valence electrons. The number of hydrogen-bond donors (Lipinski definition) is 3. The number of amides is 2. The van der Waals surface area contributed by atoms with E-state index in [1.807, 2.05) is 32.3 Å². The van der Waals surface area contributed by atoms with Gasteiger partial charge in [-0.15, -0.1) is 0 Å². The number of nitrogens with two attached hydrogens (primary N) is 1. The van der Waals surface area contributed by atoms with Gasteiger partial charge in [0.25, 0.3) is 0 Å². The molecule has 3 rings (SSSR count). The van der Waals surface area contributed by atoms with Crippen molar-refractivity contribution in [3.05, 3.63) is 35.0 Å². The molecular formula is C19H26N5O3+. The standard InChI is InChI=1S/C19H25N5O3/c1-12-6-15(23-9-14(7-21-3)17(20)11-23)4-5-18(12)24-10-16(27-19(24)26)8-22-13(2)25/h4-7,16H,8-11,20H2,1-3H3,(H,22,25)/p+1/t16-/m0/s1. The van der Waals surface area contributed by atoms with Crippen LogP contribution < -0.4 is 25.8 Å². The van der Waals surface area contributed by atoms with Crippen molar-refractivity contribution >= 4 is 29.6 Å². The minimum Gasteiger partial charge on any atom is -0.442 e. The Hall–Kier alpha value is -3.03. The summed E-state index contributed by atoms with van der Waals surface area (Å²) in [6.07, 6.45) is 1.19. The van der Waals surface area contributed by atoms with Gasteiger partial charge in [0.1, 0.15) is 13.2 Å². The highest BCUT2D eigenvalue weighted by Gasteiger charge is 2.33. The molecule has 1 saturated heterocycles. The van der Waals surface area contributed by atoms with Crippen LogP contribution in [0.2, 0.25) is 0 Å². The second-order valence-corrected chi connectivity index (χ2v) is 6.86. The molecule has 1 aromatic rings. The van der Waals surface area contributed by atoms with Crippen LogP contribution in [0, 0.1) is 6.92 Å². The minimum absolute atomic E-state index is 0.140. The van der Waals surface area contributed by atoms with Gasteiger partial charge in [0.15, 0.2) is 6.21 Å². The molecule has 0 aliphatic carbocycles. The number of ether oxygens (including phenoxy) is 1. The van der Waals surface area contributed by atoms with Crippen LogP contribution in [0.3, 0.4) is 0 Å². The van der Waals surface area contributed by atoms with Crippen molar-refractivity contribution in [2.45, 2.75) is 20.0 Å². The van der Waals surface area contributed by atoms with Gasteiger partial charge in [-0.2, -0.15) is 0 Å². The Labute approximate surface area is 158 Å². The first-order valence-corrected chi connectivity index (χ1v) is 8.95. The normalized spacial score (nSPS) is 20.0. The third-order valence-corrected chi connectivity index (χ3v) is 4.74. The maximum atomic E-state index is 12.2.